The lowest BCUT2D eigenvalue weighted by Crippen LogP contribution is -2.39. The molecule has 0 saturated carbocycles. The van der Waals surface area contributed by atoms with E-state index in [1.807, 2.05) is 41.3 Å². The lowest BCUT2D eigenvalue weighted by atomic mass is 9.95. The third kappa shape index (κ3) is 4.30. The Kier molecular flexibility index (Phi) is 6.35. The summed E-state index contributed by atoms with van der Waals surface area (Å²) in [5.74, 6) is -1.81. The Hall–Kier alpha value is -4.90. The summed E-state index contributed by atoms with van der Waals surface area (Å²) in [5, 5.41) is 10.4. The van der Waals surface area contributed by atoms with Crippen LogP contribution in [-0.2, 0) is 17.9 Å². The third-order valence-electron chi connectivity index (χ3n) is 7.96. The van der Waals surface area contributed by atoms with E-state index in [1.165, 1.54) is 24.5 Å². The molecule has 3 aromatic heterocycles. The first-order valence-electron chi connectivity index (χ1n) is 13.6. The molecule has 2 aliphatic rings. The standard InChI is InChI=1S/C32H25F2N5O3S/c1-4-26(40)38-14-16(2)39-20(15-38)12-24(37-39)30-28(27-23(34)10-19(33)11-25(27)42-3)31-22(7-8-43-31)29(36-30)17-5-6-21-18(9-17)13-35-32(21)41/h4-12,16H,1,13-15H2,2-3H3,(H,35,41)/t16-/m0/s1. The fourth-order valence-corrected chi connectivity index (χ4v) is 6.95. The van der Waals surface area contributed by atoms with E-state index in [0.29, 0.717) is 47.8 Å². The number of fused-ring (bicyclic) bond motifs is 3. The Morgan fingerprint density at radius 3 is 2.79 bits per heavy atom. The van der Waals surface area contributed by atoms with E-state index < -0.39 is 11.6 Å². The molecule has 1 N–H and O–H groups in total. The molecule has 5 aromatic rings. The number of rotatable bonds is 5. The van der Waals surface area contributed by atoms with E-state index in [9.17, 15) is 14.0 Å². The number of benzene rings is 2. The van der Waals surface area contributed by atoms with Crippen molar-refractivity contribution in [1.29, 1.82) is 0 Å². The summed E-state index contributed by atoms with van der Waals surface area (Å²) in [6, 6.07) is 11.2. The normalized spacial score (nSPS) is 15.8. The second-order valence-electron chi connectivity index (χ2n) is 10.6. The van der Waals surface area contributed by atoms with Crippen LogP contribution in [0.3, 0.4) is 0 Å². The molecule has 0 spiro atoms. The van der Waals surface area contributed by atoms with Gasteiger partial charge in [0.1, 0.15) is 28.8 Å². The van der Waals surface area contributed by atoms with Crippen molar-refractivity contribution < 1.29 is 23.1 Å². The molecular formula is C32H25F2N5O3S. The minimum atomic E-state index is -0.787. The van der Waals surface area contributed by atoms with E-state index in [0.717, 1.165) is 39.0 Å². The monoisotopic (exact) mass is 597 g/mol. The number of pyridine rings is 1. The SMILES string of the molecule is C=CC(=O)N1Cc2cc(-c3nc(-c4ccc5c(c4)CNC5=O)c4ccsc4c3-c3c(F)cc(F)cc3OC)nn2[C@@H](C)C1. The summed E-state index contributed by atoms with van der Waals surface area (Å²) in [4.78, 5) is 31.5. The second kappa shape index (κ2) is 10.1. The van der Waals surface area contributed by atoms with Crippen molar-refractivity contribution in [3.63, 3.8) is 0 Å². The molecule has 2 aliphatic heterocycles. The van der Waals surface area contributed by atoms with Gasteiger partial charge in [0, 0.05) is 52.0 Å². The lowest BCUT2D eigenvalue weighted by molar-refractivity contribution is -0.127. The summed E-state index contributed by atoms with van der Waals surface area (Å²) in [7, 11) is 1.37. The van der Waals surface area contributed by atoms with E-state index in [2.05, 4.69) is 11.9 Å². The van der Waals surface area contributed by atoms with Gasteiger partial charge >= 0.3 is 0 Å². The summed E-state index contributed by atoms with van der Waals surface area (Å²) >= 11 is 1.41. The molecule has 2 aromatic carbocycles. The zero-order valence-electron chi connectivity index (χ0n) is 23.3. The number of hydrogen-bond donors (Lipinski definition) is 1. The van der Waals surface area contributed by atoms with Gasteiger partial charge < -0.3 is 15.0 Å². The van der Waals surface area contributed by atoms with Crippen molar-refractivity contribution in [3.8, 4) is 39.5 Å². The molecule has 7 rings (SSSR count). The summed E-state index contributed by atoms with van der Waals surface area (Å²) in [5.41, 5.74) is 5.08. The van der Waals surface area contributed by atoms with Crippen LogP contribution in [0.2, 0.25) is 0 Å². The van der Waals surface area contributed by atoms with Crippen LogP contribution in [0.15, 0.2) is 60.5 Å². The molecule has 43 heavy (non-hydrogen) atoms. The molecule has 2 amide bonds. The first-order chi connectivity index (χ1) is 20.8. The number of ether oxygens (including phenoxy) is 1. The van der Waals surface area contributed by atoms with Crippen LogP contribution in [-0.4, -0.2) is 45.1 Å². The van der Waals surface area contributed by atoms with Crippen molar-refractivity contribution in [3.05, 3.63) is 89.0 Å². The number of amides is 2. The molecule has 5 heterocycles. The van der Waals surface area contributed by atoms with Crippen molar-refractivity contribution in [2.24, 2.45) is 0 Å². The zero-order chi connectivity index (χ0) is 30.0. The van der Waals surface area contributed by atoms with E-state index in [4.69, 9.17) is 14.8 Å². The molecule has 216 valence electrons. The number of aromatic nitrogens is 3. The Labute approximate surface area is 249 Å². The predicted molar refractivity (Wildman–Crippen MR) is 160 cm³/mol. The van der Waals surface area contributed by atoms with Crippen LogP contribution in [0.4, 0.5) is 8.78 Å². The highest BCUT2D eigenvalue weighted by Crippen LogP contribution is 2.47. The van der Waals surface area contributed by atoms with E-state index >= 15 is 4.39 Å². The molecule has 0 unspecified atom stereocenters. The lowest BCUT2D eigenvalue weighted by Gasteiger charge is -2.31. The number of thiophene rings is 1. The second-order valence-corrected chi connectivity index (χ2v) is 11.5. The Morgan fingerprint density at radius 2 is 2.00 bits per heavy atom. The highest BCUT2D eigenvalue weighted by atomic mass is 32.1. The van der Waals surface area contributed by atoms with Gasteiger partial charge in [0.05, 0.1) is 36.6 Å². The number of hydrogen-bond acceptors (Lipinski definition) is 6. The average molecular weight is 598 g/mol. The number of nitrogens with one attached hydrogen (secondary N) is 1. The molecular weight excluding hydrogens is 572 g/mol. The Balaban J connectivity index is 1.51. The molecule has 8 nitrogen and oxygen atoms in total. The van der Waals surface area contributed by atoms with Crippen LogP contribution >= 0.6 is 11.3 Å². The molecule has 1 atom stereocenters. The Morgan fingerprint density at radius 1 is 1.16 bits per heavy atom. The number of nitrogens with zero attached hydrogens (tertiary/aromatic N) is 4. The van der Waals surface area contributed by atoms with Gasteiger partial charge in [-0.25, -0.2) is 13.8 Å². The highest BCUT2D eigenvalue weighted by Gasteiger charge is 2.30. The average Bonchev–Trinajstić information content (AvgIpc) is 3.74. The topological polar surface area (TPSA) is 89.3 Å². The van der Waals surface area contributed by atoms with E-state index in [1.54, 1.807) is 11.0 Å². The number of carbonyl (C=O) groups excluding carboxylic acids is 2. The van der Waals surface area contributed by atoms with Crippen LogP contribution < -0.4 is 10.1 Å². The zero-order valence-corrected chi connectivity index (χ0v) is 24.1. The quantitative estimate of drug-likeness (QED) is 0.247. The number of halogens is 2. The summed E-state index contributed by atoms with van der Waals surface area (Å²) in [6.07, 6.45) is 1.29. The van der Waals surface area contributed by atoms with E-state index in [-0.39, 0.29) is 29.2 Å². The summed E-state index contributed by atoms with van der Waals surface area (Å²) in [6.45, 7) is 6.78. The minimum Gasteiger partial charge on any atom is -0.496 e. The van der Waals surface area contributed by atoms with Gasteiger partial charge in [-0.1, -0.05) is 12.6 Å². The van der Waals surface area contributed by atoms with Crippen LogP contribution in [0.1, 0.15) is 34.6 Å². The van der Waals surface area contributed by atoms with Crippen molar-refractivity contribution in [2.75, 3.05) is 13.7 Å². The molecule has 0 aliphatic carbocycles. The van der Waals surface area contributed by atoms with Gasteiger partial charge in [-0.3, -0.25) is 14.3 Å². The van der Waals surface area contributed by atoms with Gasteiger partial charge in [-0.05, 0) is 48.2 Å². The third-order valence-corrected chi connectivity index (χ3v) is 8.89. The smallest absolute Gasteiger partial charge is 0.251 e. The highest BCUT2D eigenvalue weighted by molar-refractivity contribution is 7.18. The fourth-order valence-electron chi connectivity index (χ4n) is 6.00. The molecule has 0 radical (unpaired) electrons. The molecule has 0 saturated heterocycles. The predicted octanol–water partition coefficient (Wildman–Crippen LogP) is 6.11. The van der Waals surface area contributed by atoms with Crippen LogP contribution in [0.25, 0.3) is 43.9 Å². The molecule has 0 bridgehead atoms. The van der Waals surface area contributed by atoms with Gasteiger partial charge in [-0.15, -0.1) is 11.3 Å². The largest absolute Gasteiger partial charge is 0.496 e. The van der Waals surface area contributed by atoms with Gasteiger partial charge in [0.15, 0.2) is 0 Å². The molecule has 11 heteroatoms. The first kappa shape index (κ1) is 27.0. The van der Waals surface area contributed by atoms with Gasteiger partial charge in [0.2, 0.25) is 5.91 Å². The van der Waals surface area contributed by atoms with Crippen LogP contribution in [0.5, 0.6) is 5.75 Å². The van der Waals surface area contributed by atoms with Crippen molar-refractivity contribution in [2.45, 2.75) is 26.1 Å². The first-order valence-corrected chi connectivity index (χ1v) is 14.5. The maximum Gasteiger partial charge on any atom is 0.251 e. The number of methoxy groups -OCH3 is 1. The van der Waals surface area contributed by atoms with Crippen molar-refractivity contribution >= 4 is 33.2 Å². The minimum absolute atomic E-state index is 0.0326. The fraction of sp³-hybridized carbons (Fsp3) is 0.188. The maximum absolute atomic E-state index is 15.7. The number of carbonyl (C=O) groups is 2. The molecule has 0 fully saturated rings. The van der Waals surface area contributed by atoms with Gasteiger partial charge in [0.25, 0.3) is 5.91 Å². The Bertz CT molecular complexity index is 2000. The van der Waals surface area contributed by atoms with Crippen molar-refractivity contribution in [1.82, 2.24) is 25.0 Å². The maximum atomic E-state index is 15.7. The summed E-state index contributed by atoms with van der Waals surface area (Å²) < 4.78 is 38.1. The van der Waals surface area contributed by atoms with Crippen LogP contribution in [0, 0.1) is 11.6 Å². The van der Waals surface area contributed by atoms with Gasteiger partial charge in [-0.2, -0.15) is 5.10 Å².